The average Bonchev–Trinajstić information content (AvgIpc) is 2.53. The van der Waals surface area contributed by atoms with Gasteiger partial charge in [-0.15, -0.1) is 0 Å². The molecule has 0 saturated carbocycles. The van der Waals surface area contributed by atoms with Crippen molar-refractivity contribution in [2.75, 3.05) is 6.54 Å². The van der Waals surface area contributed by atoms with Crippen LogP contribution in [0, 0.1) is 12.8 Å². The smallest absolute Gasteiger partial charge is 0.0341 e. The van der Waals surface area contributed by atoms with Gasteiger partial charge in [-0.25, -0.2) is 0 Å². The van der Waals surface area contributed by atoms with Crippen molar-refractivity contribution >= 4 is 0 Å². The molecule has 0 aromatic carbocycles. The Balaban J connectivity index is 2.21. The third kappa shape index (κ3) is 1.73. The molecule has 2 atom stereocenters. The molecular weight excluding hydrogens is 160 g/mol. The lowest BCUT2D eigenvalue weighted by molar-refractivity contribution is 0.608. The molecule has 2 unspecified atom stereocenters. The topological polar surface area (TPSA) is 24.9 Å². The summed E-state index contributed by atoms with van der Waals surface area (Å²) in [6, 6.07) is 2.61. The van der Waals surface area contributed by atoms with Gasteiger partial charge < -0.3 is 5.32 Å². The van der Waals surface area contributed by atoms with Gasteiger partial charge in [0.15, 0.2) is 0 Å². The Hall–Kier alpha value is -0.890. The van der Waals surface area contributed by atoms with Crippen LogP contribution in [0.15, 0.2) is 18.5 Å². The number of rotatable bonds is 1. The summed E-state index contributed by atoms with van der Waals surface area (Å²) < 4.78 is 0. The van der Waals surface area contributed by atoms with E-state index in [1.165, 1.54) is 17.5 Å². The normalized spacial score (nSPS) is 27.8. The zero-order valence-corrected chi connectivity index (χ0v) is 8.25. The van der Waals surface area contributed by atoms with Crippen LogP contribution in [0.5, 0.6) is 0 Å². The van der Waals surface area contributed by atoms with Crippen molar-refractivity contribution in [3.05, 3.63) is 29.6 Å². The summed E-state index contributed by atoms with van der Waals surface area (Å²) in [6.07, 6.45) is 5.09. The molecule has 0 radical (unpaired) electrons. The van der Waals surface area contributed by atoms with E-state index in [9.17, 15) is 0 Å². The van der Waals surface area contributed by atoms with Crippen LogP contribution in [0.3, 0.4) is 0 Å². The predicted octanol–water partition coefficient (Wildman–Crippen LogP) is 2.06. The van der Waals surface area contributed by atoms with E-state index >= 15 is 0 Å². The Bertz CT molecular complexity index is 296. The molecule has 1 saturated heterocycles. The number of pyridine rings is 1. The molecular formula is C11H16N2. The highest BCUT2D eigenvalue weighted by atomic mass is 14.9. The second-order valence-corrected chi connectivity index (χ2v) is 4.03. The molecule has 13 heavy (non-hydrogen) atoms. The summed E-state index contributed by atoms with van der Waals surface area (Å²) in [4.78, 5) is 4.18. The monoisotopic (exact) mass is 176 g/mol. The molecule has 1 fully saturated rings. The molecule has 0 spiro atoms. The third-order valence-electron chi connectivity index (χ3n) is 2.81. The van der Waals surface area contributed by atoms with Gasteiger partial charge >= 0.3 is 0 Å². The molecule has 1 aromatic rings. The quantitative estimate of drug-likeness (QED) is 0.708. The zero-order chi connectivity index (χ0) is 9.26. The fraction of sp³-hybridized carbons (Fsp3) is 0.545. The molecule has 2 heteroatoms. The lowest BCUT2D eigenvalue weighted by Crippen LogP contribution is -2.14. The van der Waals surface area contributed by atoms with Gasteiger partial charge in [0.05, 0.1) is 0 Å². The largest absolute Gasteiger partial charge is 0.310 e. The van der Waals surface area contributed by atoms with E-state index in [-0.39, 0.29) is 0 Å². The maximum Gasteiger partial charge on any atom is 0.0341 e. The van der Waals surface area contributed by atoms with E-state index in [1.807, 2.05) is 12.4 Å². The van der Waals surface area contributed by atoms with E-state index < -0.39 is 0 Å². The molecule has 1 aromatic heterocycles. The van der Waals surface area contributed by atoms with Gasteiger partial charge in [0.25, 0.3) is 0 Å². The number of hydrogen-bond donors (Lipinski definition) is 1. The SMILES string of the molecule is Cc1ccncc1C1CC(C)CN1. The molecule has 2 rings (SSSR count). The van der Waals surface area contributed by atoms with Gasteiger partial charge in [-0.05, 0) is 43.0 Å². The van der Waals surface area contributed by atoms with E-state index in [4.69, 9.17) is 0 Å². The summed E-state index contributed by atoms with van der Waals surface area (Å²) in [5, 5.41) is 3.52. The van der Waals surface area contributed by atoms with Crippen molar-refractivity contribution in [1.29, 1.82) is 0 Å². The Labute approximate surface area is 79.4 Å². The summed E-state index contributed by atoms with van der Waals surface area (Å²) in [6.45, 7) is 5.58. The molecule has 1 aliphatic heterocycles. The molecule has 0 aliphatic carbocycles. The number of nitrogens with zero attached hydrogens (tertiary/aromatic N) is 1. The van der Waals surface area contributed by atoms with Crippen molar-refractivity contribution in [3.8, 4) is 0 Å². The van der Waals surface area contributed by atoms with Gasteiger partial charge in [0.2, 0.25) is 0 Å². The highest BCUT2D eigenvalue weighted by Gasteiger charge is 2.22. The van der Waals surface area contributed by atoms with Crippen molar-refractivity contribution in [2.24, 2.45) is 5.92 Å². The van der Waals surface area contributed by atoms with Crippen LogP contribution in [0.4, 0.5) is 0 Å². The summed E-state index contributed by atoms with van der Waals surface area (Å²) in [7, 11) is 0. The van der Waals surface area contributed by atoms with Crippen molar-refractivity contribution in [2.45, 2.75) is 26.3 Å². The van der Waals surface area contributed by atoms with Crippen LogP contribution in [0.1, 0.15) is 30.5 Å². The van der Waals surface area contributed by atoms with Crippen LogP contribution in [-0.2, 0) is 0 Å². The standard InChI is InChI=1S/C11H16N2/c1-8-5-11(13-6-8)10-7-12-4-3-9(10)2/h3-4,7-8,11,13H,5-6H2,1-2H3. The van der Waals surface area contributed by atoms with Gasteiger partial charge in [0.1, 0.15) is 0 Å². The molecule has 1 N–H and O–H groups in total. The maximum atomic E-state index is 4.18. The second kappa shape index (κ2) is 3.46. The third-order valence-corrected chi connectivity index (χ3v) is 2.81. The summed E-state index contributed by atoms with van der Waals surface area (Å²) in [5.74, 6) is 0.796. The van der Waals surface area contributed by atoms with Crippen LogP contribution in [0.25, 0.3) is 0 Å². The maximum absolute atomic E-state index is 4.18. The highest BCUT2D eigenvalue weighted by Crippen LogP contribution is 2.27. The lowest BCUT2D eigenvalue weighted by atomic mass is 9.99. The Morgan fingerprint density at radius 3 is 3.00 bits per heavy atom. The van der Waals surface area contributed by atoms with Crippen LogP contribution in [-0.4, -0.2) is 11.5 Å². The minimum Gasteiger partial charge on any atom is -0.310 e. The average molecular weight is 176 g/mol. The molecule has 0 amide bonds. The summed E-state index contributed by atoms with van der Waals surface area (Å²) >= 11 is 0. The van der Waals surface area contributed by atoms with E-state index in [2.05, 4.69) is 30.2 Å². The molecule has 70 valence electrons. The Morgan fingerprint density at radius 1 is 1.54 bits per heavy atom. The number of aromatic nitrogens is 1. The highest BCUT2D eigenvalue weighted by molar-refractivity contribution is 5.25. The zero-order valence-electron chi connectivity index (χ0n) is 8.25. The van der Waals surface area contributed by atoms with Crippen molar-refractivity contribution in [1.82, 2.24) is 10.3 Å². The first-order valence-electron chi connectivity index (χ1n) is 4.91. The van der Waals surface area contributed by atoms with Gasteiger partial charge in [-0.2, -0.15) is 0 Å². The fourth-order valence-electron chi connectivity index (χ4n) is 1.99. The van der Waals surface area contributed by atoms with Crippen LogP contribution >= 0.6 is 0 Å². The number of aryl methyl sites for hydroxylation is 1. The van der Waals surface area contributed by atoms with Crippen LogP contribution in [0.2, 0.25) is 0 Å². The number of hydrogen-bond acceptors (Lipinski definition) is 2. The van der Waals surface area contributed by atoms with Gasteiger partial charge in [-0.1, -0.05) is 6.92 Å². The fourth-order valence-corrected chi connectivity index (χ4v) is 1.99. The van der Waals surface area contributed by atoms with Crippen molar-refractivity contribution in [3.63, 3.8) is 0 Å². The summed E-state index contributed by atoms with van der Waals surface area (Å²) in [5.41, 5.74) is 2.72. The van der Waals surface area contributed by atoms with Crippen molar-refractivity contribution < 1.29 is 0 Å². The molecule has 0 bridgehead atoms. The number of nitrogens with one attached hydrogen (secondary N) is 1. The minimum atomic E-state index is 0.531. The van der Waals surface area contributed by atoms with Gasteiger partial charge in [0, 0.05) is 18.4 Å². The second-order valence-electron chi connectivity index (χ2n) is 4.03. The van der Waals surface area contributed by atoms with E-state index in [1.54, 1.807) is 0 Å². The van der Waals surface area contributed by atoms with Gasteiger partial charge in [-0.3, -0.25) is 4.98 Å². The first-order valence-corrected chi connectivity index (χ1v) is 4.91. The Kier molecular flexibility index (Phi) is 2.32. The minimum absolute atomic E-state index is 0.531. The van der Waals surface area contributed by atoms with Crippen LogP contribution < -0.4 is 5.32 Å². The first kappa shape index (κ1) is 8.70. The predicted molar refractivity (Wildman–Crippen MR) is 53.5 cm³/mol. The van der Waals surface area contributed by atoms with E-state index in [0.717, 1.165) is 12.5 Å². The molecule has 2 heterocycles. The Morgan fingerprint density at radius 2 is 2.38 bits per heavy atom. The first-order chi connectivity index (χ1) is 6.27. The lowest BCUT2D eigenvalue weighted by Gasteiger charge is -2.12. The molecule has 1 aliphatic rings. The van der Waals surface area contributed by atoms with E-state index in [0.29, 0.717) is 6.04 Å². The molecule has 2 nitrogen and oxygen atoms in total.